The molecule has 0 bridgehead atoms. The van der Waals surface area contributed by atoms with Crippen molar-refractivity contribution in [3.63, 3.8) is 0 Å². The molecule has 21 heavy (non-hydrogen) atoms. The SMILES string of the molecule is NCC1CCN(c2n[nH]c(CCc3cccnc3)n2)CC1. The summed E-state index contributed by atoms with van der Waals surface area (Å²) in [6.45, 7) is 2.79. The smallest absolute Gasteiger partial charge is 0.244 e. The number of hydrogen-bond donors (Lipinski definition) is 2. The third kappa shape index (κ3) is 3.58. The number of nitrogens with one attached hydrogen (secondary N) is 1. The van der Waals surface area contributed by atoms with Crippen molar-refractivity contribution < 1.29 is 0 Å². The first-order valence-electron chi connectivity index (χ1n) is 7.60. The zero-order valence-electron chi connectivity index (χ0n) is 12.2. The van der Waals surface area contributed by atoms with E-state index in [0.717, 1.165) is 57.1 Å². The number of rotatable bonds is 5. The number of aryl methyl sites for hydroxylation is 2. The summed E-state index contributed by atoms with van der Waals surface area (Å²) in [5, 5.41) is 7.40. The summed E-state index contributed by atoms with van der Waals surface area (Å²) in [6.07, 6.45) is 7.75. The topological polar surface area (TPSA) is 83.7 Å². The Kier molecular flexibility index (Phi) is 4.45. The van der Waals surface area contributed by atoms with Crippen molar-refractivity contribution in [3.05, 3.63) is 35.9 Å². The van der Waals surface area contributed by atoms with Crippen LogP contribution < -0.4 is 10.6 Å². The monoisotopic (exact) mass is 286 g/mol. The molecule has 0 amide bonds. The number of aromatic amines is 1. The molecule has 0 radical (unpaired) electrons. The molecule has 1 saturated heterocycles. The Labute approximate surface area is 124 Å². The lowest BCUT2D eigenvalue weighted by molar-refractivity contribution is 0.411. The lowest BCUT2D eigenvalue weighted by atomic mass is 9.97. The molecule has 3 N–H and O–H groups in total. The van der Waals surface area contributed by atoms with Crippen LogP contribution in [0.15, 0.2) is 24.5 Å². The second-order valence-corrected chi connectivity index (χ2v) is 5.61. The summed E-state index contributed by atoms with van der Waals surface area (Å²) in [4.78, 5) is 11.0. The first kappa shape index (κ1) is 14.0. The van der Waals surface area contributed by atoms with Crippen LogP contribution in [0.2, 0.25) is 0 Å². The summed E-state index contributed by atoms with van der Waals surface area (Å²) < 4.78 is 0. The molecule has 0 spiro atoms. The highest BCUT2D eigenvalue weighted by atomic mass is 15.4. The predicted molar refractivity (Wildman–Crippen MR) is 82.0 cm³/mol. The quantitative estimate of drug-likeness (QED) is 0.861. The van der Waals surface area contributed by atoms with E-state index in [9.17, 15) is 0 Å². The van der Waals surface area contributed by atoms with Crippen LogP contribution in [-0.4, -0.2) is 39.8 Å². The third-order valence-electron chi connectivity index (χ3n) is 4.12. The van der Waals surface area contributed by atoms with Crippen LogP contribution in [0.25, 0.3) is 0 Å². The maximum Gasteiger partial charge on any atom is 0.244 e. The van der Waals surface area contributed by atoms with Crippen LogP contribution in [0.5, 0.6) is 0 Å². The fourth-order valence-electron chi connectivity index (χ4n) is 2.72. The van der Waals surface area contributed by atoms with Crippen LogP contribution in [0, 0.1) is 5.92 Å². The Balaban J connectivity index is 1.54. The van der Waals surface area contributed by atoms with Gasteiger partial charge in [0.2, 0.25) is 5.95 Å². The Morgan fingerprint density at radius 3 is 2.86 bits per heavy atom. The third-order valence-corrected chi connectivity index (χ3v) is 4.12. The number of piperidine rings is 1. The van der Waals surface area contributed by atoms with E-state index in [4.69, 9.17) is 5.73 Å². The highest BCUT2D eigenvalue weighted by Gasteiger charge is 2.20. The van der Waals surface area contributed by atoms with Crippen LogP contribution in [0.4, 0.5) is 5.95 Å². The van der Waals surface area contributed by atoms with Crippen molar-refractivity contribution in [1.29, 1.82) is 0 Å². The van der Waals surface area contributed by atoms with E-state index < -0.39 is 0 Å². The van der Waals surface area contributed by atoms with E-state index in [2.05, 4.69) is 31.1 Å². The van der Waals surface area contributed by atoms with Gasteiger partial charge in [0, 0.05) is 31.9 Å². The molecule has 1 aliphatic rings. The number of pyridine rings is 1. The molecule has 2 aromatic rings. The highest BCUT2D eigenvalue weighted by Crippen LogP contribution is 2.19. The molecule has 1 aliphatic heterocycles. The molecule has 0 saturated carbocycles. The van der Waals surface area contributed by atoms with Gasteiger partial charge in [-0.15, -0.1) is 5.10 Å². The van der Waals surface area contributed by atoms with Gasteiger partial charge >= 0.3 is 0 Å². The molecule has 2 aromatic heterocycles. The molecule has 3 heterocycles. The second-order valence-electron chi connectivity index (χ2n) is 5.61. The Morgan fingerprint density at radius 2 is 2.14 bits per heavy atom. The number of nitrogens with zero attached hydrogens (tertiary/aromatic N) is 4. The zero-order chi connectivity index (χ0) is 14.5. The molecule has 0 atom stereocenters. The van der Waals surface area contributed by atoms with E-state index >= 15 is 0 Å². The van der Waals surface area contributed by atoms with E-state index in [1.807, 2.05) is 12.3 Å². The van der Waals surface area contributed by atoms with Crippen LogP contribution in [0.3, 0.4) is 0 Å². The van der Waals surface area contributed by atoms with Gasteiger partial charge < -0.3 is 10.6 Å². The van der Waals surface area contributed by atoms with Gasteiger partial charge in [-0.1, -0.05) is 6.07 Å². The maximum atomic E-state index is 5.73. The molecular formula is C15H22N6. The second kappa shape index (κ2) is 6.67. The first-order valence-corrected chi connectivity index (χ1v) is 7.60. The summed E-state index contributed by atoms with van der Waals surface area (Å²) >= 11 is 0. The maximum absolute atomic E-state index is 5.73. The van der Waals surface area contributed by atoms with Gasteiger partial charge in [0.05, 0.1) is 0 Å². The number of anilines is 1. The number of hydrogen-bond acceptors (Lipinski definition) is 5. The lowest BCUT2D eigenvalue weighted by Gasteiger charge is -2.30. The van der Waals surface area contributed by atoms with Gasteiger partial charge in [0.1, 0.15) is 5.82 Å². The van der Waals surface area contributed by atoms with Gasteiger partial charge in [0.25, 0.3) is 0 Å². The average Bonchev–Trinajstić information content (AvgIpc) is 3.03. The normalized spacial score (nSPS) is 16.3. The minimum atomic E-state index is 0.658. The Morgan fingerprint density at radius 1 is 1.29 bits per heavy atom. The number of nitrogens with two attached hydrogens (primary N) is 1. The predicted octanol–water partition coefficient (Wildman–Crippen LogP) is 1.16. The summed E-state index contributed by atoms with van der Waals surface area (Å²) in [5.74, 6) is 2.42. The summed E-state index contributed by atoms with van der Waals surface area (Å²) in [6, 6.07) is 4.05. The molecule has 0 aliphatic carbocycles. The van der Waals surface area contributed by atoms with E-state index in [1.165, 1.54) is 5.56 Å². The van der Waals surface area contributed by atoms with Crippen molar-refractivity contribution in [3.8, 4) is 0 Å². The molecule has 3 rings (SSSR count). The van der Waals surface area contributed by atoms with E-state index in [0.29, 0.717) is 5.92 Å². The molecule has 0 aromatic carbocycles. The zero-order valence-corrected chi connectivity index (χ0v) is 12.2. The number of aromatic nitrogens is 4. The van der Waals surface area contributed by atoms with Gasteiger partial charge in [-0.25, -0.2) is 0 Å². The Bertz CT molecular complexity index is 544. The van der Waals surface area contributed by atoms with Gasteiger partial charge in [-0.05, 0) is 43.4 Å². The highest BCUT2D eigenvalue weighted by molar-refractivity contribution is 5.29. The van der Waals surface area contributed by atoms with Crippen molar-refractivity contribution in [2.45, 2.75) is 25.7 Å². The van der Waals surface area contributed by atoms with E-state index in [-0.39, 0.29) is 0 Å². The molecule has 0 unspecified atom stereocenters. The molecular weight excluding hydrogens is 264 g/mol. The van der Waals surface area contributed by atoms with Crippen LogP contribution in [-0.2, 0) is 12.8 Å². The largest absolute Gasteiger partial charge is 0.340 e. The Hall–Kier alpha value is -1.95. The summed E-state index contributed by atoms with van der Waals surface area (Å²) in [5.41, 5.74) is 6.95. The van der Waals surface area contributed by atoms with Crippen LogP contribution in [0.1, 0.15) is 24.2 Å². The van der Waals surface area contributed by atoms with Crippen molar-refractivity contribution >= 4 is 5.95 Å². The lowest BCUT2D eigenvalue weighted by Crippen LogP contribution is -2.36. The minimum Gasteiger partial charge on any atom is -0.340 e. The standard InChI is InChI=1S/C15H22N6/c16-10-12-5-8-21(9-6-12)15-18-14(19-20-15)4-3-13-2-1-7-17-11-13/h1-2,7,11-12H,3-6,8-10,16H2,(H,18,19,20). The summed E-state index contributed by atoms with van der Waals surface area (Å²) in [7, 11) is 0. The van der Waals surface area contributed by atoms with Gasteiger partial charge in [-0.2, -0.15) is 4.98 Å². The van der Waals surface area contributed by atoms with Gasteiger partial charge in [0.15, 0.2) is 0 Å². The average molecular weight is 286 g/mol. The van der Waals surface area contributed by atoms with Crippen molar-refractivity contribution in [1.82, 2.24) is 20.2 Å². The molecule has 1 fully saturated rings. The molecule has 6 nitrogen and oxygen atoms in total. The minimum absolute atomic E-state index is 0.658. The van der Waals surface area contributed by atoms with Crippen molar-refractivity contribution in [2.24, 2.45) is 11.7 Å². The van der Waals surface area contributed by atoms with Crippen molar-refractivity contribution in [2.75, 3.05) is 24.5 Å². The fourth-order valence-corrected chi connectivity index (χ4v) is 2.72. The fraction of sp³-hybridized carbons (Fsp3) is 0.533. The number of H-pyrrole nitrogens is 1. The molecule has 112 valence electrons. The first-order chi connectivity index (χ1) is 10.3. The van der Waals surface area contributed by atoms with Crippen LogP contribution >= 0.6 is 0 Å². The molecule has 6 heteroatoms. The van der Waals surface area contributed by atoms with E-state index in [1.54, 1.807) is 6.20 Å². The van der Waals surface area contributed by atoms with Gasteiger partial charge in [-0.3, -0.25) is 10.1 Å².